The fourth-order valence-electron chi connectivity index (χ4n) is 3.54. The molecule has 1 aromatic rings. The van der Waals surface area contributed by atoms with Crippen molar-refractivity contribution in [3.05, 3.63) is 29.8 Å². The lowest BCUT2D eigenvalue weighted by Gasteiger charge is -2.50. The van der Waals surface area contributed by atoms with Gasteiger partial charge in [-0.1, -0.05) is 18.2 Å². The van der Waals surface area contributed by atoms with Gasteiger partial charge in [0.05, 0.1) is 6.04 Å². The van der Waals surface area contributed by atoms with E-state index < -0.39 is 0 Å². The zero-order valence-electron chi connectivity index (χ0n) is 9.40. The molecule has 1 saturated carbocycles. The van der Waals surface area contributed by atoms with E-state index in [1.807, 2.05) is 6.07 Å². The van der Waals surface area contributed by atoms with Crippen LogP contribution in [0.1, 0.15) is 30.9 Å². The second-order valence-corrected chi connectivity index (χ2v) is 5.51. The Morgan fingerprint density at radius 3 is 3.18 bits per heavy atom. The highest BCUT2D eigenvalue weighted by Crippen LogP contribution is 2.51. The Labute approximate surface area is 106 Å². The van der Waals surface area contributed by atoms with Crippen molar-refractivity contribution in [2.75, 3.05) is 0 Å². The molecule has 2 aliphatic heterocycles. The van der Waals surface area contributed by atoms with Crippen LogP contribution in [0.15, 0.2) is 24.3 Å². The Hall–Kier alpha value is -1.29. The molecule has 0 radical (unpaired) electrons. The van der Waals surface area contributed by atoms with Crippen LogP contribution in [0, 0.1) is 5.92 Å². The van der Waals surface area contributed by atoms with Crippen molar-refractivity contribution in [1.29, 1.82) is 0 Å². The molecule has 0 aromatic heterocycles. The third-order valence-electron chi connectivity index (χ3n) is 4.22. The molecule has 3 aliphatic rings. The predicted octanol–water partition coefficient (Wildman–Crippen LogP) is 2.09. The van der Waals surface area contributed by atoms with Gasteiger partial charge in [0.1, 0.15) is 5.75 Å². The van der Waals surface area contributed by atoms with Crippen LogP contribution >= 0.6 is 12.2 Å². The molecule has 4 heteroatoms. The van der Waals surface area contributed by atoms with E-state index in [-0.39, 0.29) is 5.72 Å². The Bertz CT molecular complexity index is 504. The highest BCUT2D eigenvalue weighted by molar-refractivity contribution is 7.80. The highest BCUT2D eigenvalue weighted by Gasteiger charge is 2.56. The normalized spacial score (nSPS) is 37.3. The summed E-state index contributed by atoms with van der Waals surface area (Å²) in [7, 11) is 0. The second kappa shape index (κ2) is 3.13. The lowest BCUT2D eigenvalue weighted by Crippen LogP contribution is -2.67. The van der Waals surface area contributed by atoms with E-state index in [0.29, 0.717) is 12.0 Å². The van der Waals surface area contributed by atoms with Crippen LogP contribution in [0.3, 0.4) is 0 Å². The number of para-hydroxylation sites is 1. The van der Waals surface area contributed by atoms with Gasteiger partial charge in [0.25, 0.3) is 0 Å². The number of hydrogen-bond acceptors (Lipinski definition) is 2. The Morgan fingerprint density at radius 1 is 1.35 bits per heavy atom. The third-order valence-corrected chi connectivity index (χ3v) is 4.44. The van der Waals surface area contributed by atoms with Crippen molar-refractivity contribution in [3.63, 3.8) is 0 Å². The number of ether oxygens (including phenoxy) is 1. The van der Waals surface area contributed by atoms with E-state index in [4.69, 9.17) is 17.0 Å². The predicted molar refractivity (Wildman–Crippen MR) is 68.8 cm³/mol. The van der Waals surface area contributed by atoms with E-state index >= 15 is 0 Å². The quantitative estimate of drug-likeness (QED) is 0.687. The molecule has 2 fully saturated rings. The van der Waals surface area contributed by atoms with Crippen LogP contribution in [0.2, 0.25) is 0 Å². The summed E-state index contributed by atoms with van der Waals surface area (Å²) in [4.78, 5) is 0. The van der Waals surface area contributed by atoms with Crippen molar-refractivity contribution >= 4 is 17.3 Å². The molecule has 0 amide bonds. The maximum Gasteiger partial charge on any atom is 0.187 e. The molecule has 4 rings (SSSR count). The summed E-state index contributed by atoms with van der Waals surface area (Å²) < 4.78 is 6.25. The fourth-order valence-corrected chi connectivity index (χ4v) is 3.84. The SMILES string of the molecule is S=C1N[C@H]2c3ccccc3O[C@@]3(CCC[C@H]23)N1. The van der Waals surface area contributed by atoms with Crippen molar-refractivity contribution in [2.24, 2.45) is 5.92 Å². The lowest BCUT2D eigenvalue weighted by molar-refractivity contribution is -0.0283. The Morgan fingerprint density at radius 2 is 2.24 bits per heavy atom. The zero-order chi connectivity index (χ0) is 11.5. The Kier molecular flexibility index (Phi) is 1.79. The molecule has 17 heavy (non-hydrogen) atoms. The molecule has 2 N–H and O–H groups in total. The molecule has 88 valence electrons. The molecule has 3 nitrogen and oxygen atoms in total. The lowest BCUT2D eigenvalue weighted by atomic mass is 9.82. The Balaban J connectivity index is 1.91. The van der Waals surface area contributed by atoms with E-state index in [1.54, 1.807) is 0 Å². The van der Waals surface area contributed by atoms with Crippen LogP contribution in [-0.4, -0.2) is 10.8 Å². The zero-order valence-corrected chi connectivity index (χ0v) is 10.2. The average molecular weight is 246 g/mol. The molecule has 1 aromatic carbocycles. The number of hydrogen-bond donors (Lipinski definition) is 2. The fraction of sp³-hybridized carbons (Fsp3) is 0.462. The first-order valence-electron chi connectivity index (χ1n) is 6.15. The maximum absolute atomic E-state index is 6.25. The van der Waals surface area contributed by atoms with E-state index in [0.717, 1.165) is 17.3 Å². The van der Waals surface area contributed by atoms with Gasteiger partial charge >= 0.3 is 0 Å². The highest BCUT2D eigenvalue weighted by atomic mass is 32.1. The number of nitrogens with one attached hydrogen (secondary N) is 2. The van der Waals surface area contributed by atoms with Crippen LogP contribution in [0.4, 0.5) is 0 Å². The van der Waals surface area contributed by atoms with Gasteiger partial charge in [0.15, 0.2) is 10.8 Å². The molecule has 0 spiro atoms. The molecular weight excluding hydrogens is 232 g/mol. The molecular formula is C13H14N2OS. The summed E-state index contributed by atoms with van der Waals surface area (Å²) in [5, 5.41) is 7.50. The number of benzene rings is 1. The number of rotatable bonds is 0. The van der Waals surface area contributed by atoms with Gasteiger partial charge < -0.3 is 15.4 Å². The summed E-state index contributed by atoms with van der Waals surface area (Å²) in [5.74, 6) is 1.49. The minimum absolute atomic E-state index is 0.249. The number of thiocarbonyl (C=S) groups is 1. The topological polar surface area (TPSA) is 33.3 Å². The van der Waals surface area contributed by atoms with Crippen LogP contribution in [-0.2, 0) is 0 Å². The first-order chi connectivity index (χ1) is 8.28. The largest absolute Gasteiger partial charge is 0.467 e. The molecule has 2 heterocycles. The standard InChI is InChI=1S/C13H14N2OS/c17-12-14-11-8-4-1-2-6-10(8)16-13(15-12)7-3-5-9(11)13/h1-2,4,6,9,11H,3,5,7H2,(H2,14,15,17)/t9-,11+,13-/m1/s1. The summed E-state index contributed by atoms with van der Waals surface area (Å²) in [6.45, 7) is 0. The number of fused-ring (bicyclic) bond motifs is 2. The molecule has 3 atom stereocenters. The summed E-state index contributed by atoms with van der Waals surface area (Å²) in [5.41, 5.74) is 1.00. The van der Waals surface area contributed by atoms with Crippen molar-refractivity contribution in [3.8, 4) is 5.75 Å². The molecule has 2 bridgehead atoms. The van der Waals surface area contributed by atoms with Gasteiger partial charge in [-0.15, -0.1) is 0 Å². The monoisotopic (exact) mass is 246 g/mol. The third kappa shape index (κ3) is 1.19. The first-order valence-corrected chi connectivity index (χ1v) is 6.56. The minimum Gasteiger partial charge on any atom is -0.467 e. The van der Waals surface area contributed by atoms with Crippen LogP contribution < -0.4 is 15.4 Å². The second-order valence-electron chi connectivity index (χ2n) is 5.10. The van der Waals surface area contributed by atoms with Crippen LogP contribution in [0.25, 0.3) is 0 Å². The van der Waals surface area contributed by atoms with Gasteiger partial charge in [-0.3, -0.25) is 0 Å². The molecule has 1 aliphatic carbocycles. The van der Waals surface area contributed by atoms with E-state index in [1.165, 1.54) is 18.4 Å². The minimum atomic E-state index is -0.249. The van der Waals surface area contributed by atoms with Crippen molar-refractivity contribution < 1.29 is 4.74 Å². The summed E-state index contributed by atoms with van der Waals surface area (Å²) >= 11 is 5.31. The maximum atomic E-state index is 6.25. The first kappa shape index (κ1) is 9.71. The van der Waals surface area contributed by atoms with E-state index in [9.17, 15) is 0 Å². The molecule has 1 saturated heterocycles. The van der Waals surface area contributed by atoms with Crippen molar-refractivity contribution in [2.45, 2.75) is 31.0 Å². The van der Waals surface area contributed by atoms with Gasteiger partial charge in [0, 0.05) is 17.9 Å². The van der Waals surface area contributed by atoms with Crippen molar-refractivity contribution in [1.82, 2.24) is 10.6 Å². The molecule has 0 unspecified atom stereocenters. The average Bonchev–Trinajstić information content (AvgIpc) is 2.72. The van der Waals surface area contributed by atoms with Gasteiger partial charge in [-0.2, -0.15) is 0 Å². The summed E-state index contributed by atoms with van der Waals surface area (Å²) in [6.07, 6.45) is 3.44. The van der Waals surface area contributed by atoms with Gasteiger partial charge in [0.2, 0.25) is 0 Å². The van der Waals surface area contributed by atoms with E-state index in [2.05, 4.69) is 28.8 Å². The smallest absolute Gasteiger partial charge is 0.187 e. The van der Waals surface area contributed by atoms with Crippen LogP contribution in [0.5, 0.6) is 5.75 Å². The summed E-state index contributed by atoms with van der Waals surface area (Å²) in [6, 6.07) is 8.60. The van der Waals surface area contributed by atoms with Gasteiger partial charge in [-0.25, -0.2) is 0 Å². The van der Waals surface area contributed by atoms with Gasteiger partial charge in [-0.05, 0) is 31.1 Å².